The van der Waals surface area contributed by atoms with Crippen LogP contribution in [0, 0.1) is 0 Å². The molecule has 2 aromatic carbocycles. The van der Waals surface area contributed by atoms with E-state index in [1.165, 1.54) is 11.3 Å². The van der Waals surface area contributed by atoms with Crippen molar-refractivity contribution in [1.82, 2.24) is 9.47 Å². The molecular weight excluding hydrogens is 394 g/mol. The second-order valence-electron chi connectivity index (χ2n) is 7.11. The van der Waals surface area contributed by atoms with E-state index in [4.69, 9.17) is 21.7 Å². The molecule has 1 atom stereocenters. The van der Waals surface area contributed by atoms with E-state index in [1.807, 2.05) is 50.2 Å². The Morgan fingerprint density at radius 2 is 1.57 bits per heavy atom. The first-order valence-corrected chi connectivity index (χ1v) is 10.8. The quantitative estimate of drug-likeness (QED) is 0.562. The standard InChI is InChI=1S/C24H27N3O2S/c1-3-28-20-11-7-18(8-12-20)23-22-6-5-15-26(22)16-17-27(23)24(30)25-19-9-13-21(14-10-19)29-4-2/h5-15,23H,3-4,16-17H2,1-2H3,(H,25,30). The van der Waals surface area contributed by atoms with Crippen molar-refractivity contribution in [3.63, 3.8) is 0 Å². The molecule has 0 saturated carbocycles. The van der Waals surface area contributed by atoms with E-state index < -0.39 is 0 Å². The van der Waals surface area contributed by atoms with Crippen molar-refractivity contribution in [2.24, 2.45) is 0 Å². The number of benzene rings is 2. The zero-order valence-corrected chi connectivity index (χ0v) is 18.2. The van der Waals surface area contributed by atoms with Crippen molar-refractivity contribution >= 4 is 23.0 Å². The van der Waals surface area contributed by atoms with Crippen molar-refractivity contribution in [2.75, 3.05) is 25.1 Å². The van der Waals surface area contributed by atoms with Crippen LogP contribution in [0.3, 0.4) is 0 Å². The summed E-state index contributed by atoms with van der Waals surface area (Å²) in [6, 6.07) is 20.5. The van der Waals surface area contributed by atoms with Crippen LogP contribution in [0.25, 0.3) is 0 Å². The van der Waals surface area contributed by atoms with Crippen LogP contribution in [-0.2, 0) is 6.54 Å². The molecule has 6 heteroatoms. The summed E-state index contributed by atoms with van der Waals surface area (Å²) in [5.74, 6) is 1.74. The minimum absolute atomic E-state index is 0.0483. The lowest BCUT2D eigenvalue weighted by Gasteiger charge is -2.39. The number of anilines is 1. The highest BCUT2D eigenvalue weighted by Crippen LogP contribution is 2.34. The van der Waals surface area contributed by atoms with Gasteiger partial charge in [-0.15, -0.1) is 0 Å². The molecular formula is C24H27N3O2S. The lowest BCUT2D eigenvalue weighted by Crippen LogP contribution is -2.44. The zero-order chi connectivity index (χ0) is 20.9. The lowest BCUT2D eigenvalue weighted by molar-refractivity contribution is 0.293. The van der Waals surface area contributed by atoms with Gasteiger partial charge in [-0.25, -0.2) is 0 Å². The van der Waals surface area contributed by atoms with Gasteiger partial charge < -0.3 is 24.3 Å². The van der Waals surface area contributed by atoms with Crippen molar-refractivity contribution in [3.05, 3.63) is 78.1 Å². The predicted octanol–water partition coefficient (Wildman–Crippen LogP) is 5.09. The van der Waals surface area contributed by atoms with Gasteiger partial charge in [-0.05, 0) is 80.2 Å². The summed E-state index contributed by atoms with van der Waals surface area (Å²) in [7, 11) is 0. The Morgan fingerprint density at radius 3 is 2.20 bits per heavy atom. The average Bonchev–Trinajstić information content (AvgIpc) is 3.24. The van der Waals surface area contributed by atoms with E-state index in [2.05, 4.69) is 45.2 Å². The number of ether oxygens (including phenoxy) is 2. The summed E-state index contributed by atoms with van der Waals surface area (Å²) in [5.41, 5.74) is 3.38. The topological polar surface area (TPSA) is 38.7 Å². The zero-order valence-electron chi connectivity index (χ0n) is 17.4. The summed E-state index contributed by atoms with van der Waals surface area (Å²) in [4.78, 5) is 2.26. The molecule has 4 rings (SSSR count). The van der Waals surface area contributed by atoms with Gasteiger partial charge in [0.25, 0.3) is 0 Å². The van der Waals surface area contributed by atoms with E-state index in [-0.39, 0.29) is 6.04 Å². The summed E-state index contributed by atoms with van der Waals surface area (Å²) in [5, 5.41) is 4.12. The molecule has 0 spiro atoms. The highest BCUT2D eigenvalue weighted by Gasteiger charge is 2.30. The van der Waals surface area contributed by atoms with Crippen LogP contribution in [0.2, 0.25) is 0 Å². The molecule has 1 aliphatic heterocycles. The normalized spacial score (nSPS) is 15.4. The van der Waals surface area contributed by atoms with Gasteiger partial charge in [0.15, 0.2) is 5.11 Å². The van der Waals surface area contributed by atoms with Crippen molar-refractivity contribution < 1.29 is 9.47 Å². The smallest absolute Gasteiger partial charge is 0.174 e. The maximum Gasteiger partial charge on any atom is 0.174 e. The molecule has 0 amide bonds. The molecule has 0 bridgehead atoms. The number of aromatic nitrogens is 1. The van der Waals surface area contributed by atoms with Gasteiger partial charge >= 0.3 is 0 Å². The Hall–Kier alpha value is -2.99. The molecule has 5 nitrogen and oxygen atoms in total. The number of hydrogen-bond acceptors (Lipinski definition) is 3. The van der Waals surface area contributed by atoms with Gasteiger partial charge in [-0.1, -0.05) is 12.1 Å². The fourth-order valence-corrected chi connectivity index (χ4v) is 4.18. The summed E-state index contributed by atoms with van der Waals surface area (Å²) in [6.07, 6.45) is 2.14. The summed E-state index contributed by atoms with van der Waals surface area (Å²) in [6.45, 7) is 7.03. The fourth-order valence-electron chi connectivity index (χ4n) is 3.86. The van der Waals surface area contributed by atoms with Crippen molar-refractivity contribution in [3.8, 4) is 11.5 Å². The maximum atomic E-state index is 5.84. The number of nitrogens with zero attached hydrogens (tertiary/aromatic N) is 2. The Labute approximate surface area is 183 Å². The van der Waals surface area contributed by atoms with E-state index in [0.29, 0.717) is 18.3 Å². The molecule has 0 aliphatic carbocycles. The van der Waals surface area contributed by atoms with Gasteiger partial charge in [0.2, 0.25) is 0 Å². The minimum atomic E-state index is 0.0483. The second-order valence-corrected chi connectivity index (χ2v) is 7.50. The minimum Gasteiger partial charge on any atom is -0.494 e. The van der Waals surface area contributed by atoms with Crippen molar-refractivity contribution in [2.45, 2.75) is 26.4 Å². The number of nitrogens with one attached hydrogen (secondary N) is 1. The Kier molecular flexibility index (Phi) is 6.23. The molecule has 0 fully saturated rings. The lowest BCUT2D eigenvalue weighted by atomic mass is 10.00. The van der Waals surface area contributed by atoms with Crippen LogP contribution >= 0.6 is 12.2 Å². The summed E-state index contributed by atoms with van der Waals surface area (Å²) >= 11 is 5.84. The maximum absolute atomic E-state index is 5.84. The van der Waals surface area contributed by atoms with Crippen LogP contribution in [0.15, 0.2) is 66.9 Å². The van der Waals surface area contributed by atoms with Gasteiger partial charge in [0.05, 0.1) is 19.3 Å². The number of hydrogen-bond donors (Lipinski definition) is 1. The number of rotatable bonds is 6. The number of fused-ring (bicyclic) bond motifs is 1. The largest absolute Gasteiger partial charge is 0.494 e. The number of thiocarbonyl (C=S) groups is 1. The molecule has 1 aliphatic rings. The summed E-state index contributed by atoms with van der Waals surface area (Å²) < 4.78 is 13.4. The van der Waals surface area contributed by atoms with E-state index in [1.54, 1.807) is 0 Å². The Bertz CT molecular complexity index is 982. The highest BCUT2D eigenvalue weighted by atomic mass is 32.1. The first kappa shape index (κ1) is 20.3. The van der Waals surface area contributed by atoms with Crippen LogP contribution in [0.1, 0.15) is 31.1 Å². The Morgan fingerprint density at radius 1 is 0.933 bits per heavy atom. The fraction of sp³-hybridized carbons (Fsp3) is 0.292. The van der Waals surface area contributed by atoms with Crippen LogP contribution < -0.4 is 14.8 Å². The molecule has 0 radical (unpaired) electrons. The van der Waals surface area contributed by atoms with Gasteiger partial charge in [0.1, 0.15) is 11.5 Å². The van der Waals surface area contributed by atoms with Gasteiger partial charge in [-0.2, -0.15) is 0 Å². The first-order valence-electron chi connectivity index (χ1n) is 10.4. The van der Waals surface area contributed by atoms with E-state index in [9.17, 15) is 0 Å². The molecule has 3 aromatic rings. The molecule has 1 N–H and O–H groups in total. The Balaban J connectivity index is 1.58. The van der Waals surface area contributed by atoms with Crippen molar-refractivity contribution in [1.29, 1.82) is 0 Å². The second kappa shape index (κ2) is 9.22. The first-order chi connectivity index (χ1) is 14.7. The molecule has 30 heavy (non-hydrogen) atoms. The third-order valence-corrected chi connectivity index (χ3v) is 5.56. The highest BCUT2D eigenvalue weighted by molar-refractivity contribution is 7.80. The van der Waals surface area contributed by atoms with Gasteiger partial charge in [-0.3, -0.25) is 0 Å². The molecule has 0 saturated heterocycles. The third kappa shape index (κ3) is 4.28. The average molecular weight is 422 g/mol. The van der Waals surface area contributed by atoms with Crippen LogP contribution in [0.4, 0.5) is 5.69 Å². The SMILES string of the molecule is CCOc1ccc(NC(=S)N2CCn3cccc3C2c2ccc(OCC)cc2)cc1. The van der Waals surface area contributed by atoms with Gasteiger partial charge in [0, 0.05) is 30.7 Å². The van der Waals surface area contributed by atoms with Crippen LogP contribution in [0.5, 0.6) is 11.5 Å². The van der Waals surface area contributed by atoms with E-state index in [0.717, 1.165) is 30.3 Å². The molecule has 2 heterocycles. The predicted molar refractivity (Wildman–Crippen MR) is 124 cm³/mol. The van der Waals surface area contributed by atoms with E-state index >= 15 is 0 Å². The third-order valence-electron chi connectivity index (χ3n) is 5.22. The monoisotopic (exact) mass is 421 g/mol. The van der Waals surface area contributed by atoms with Crippen LogP contribution in [-0.4, -0.2) is 34.3 Å². The molecule has 1 unspecified atom stereocenters. The molecule has 156 valence electrons. The molecule has 1 aromatic heterocycles.